The zero-order valence-electron chi connectivity index (χ0n) is 9.75. The van der Waals surface area contributed by atoms with E-state index < -0.39 is 29.1 Å². The Hall–Kier alpha value is -2.02. The first-order chi connectivity index (χ1) is 9.38. The van der Waals surface area contributed by atoms with Gasteiger partial charge in [0.05, 0.1) is 15.7 Å². The van der Waals surface area contributed by atoms with E-state index in [0.29, 0.717) is 6.07 Å². The van der Waals surface area contributed by atoms with Gasteiger partial charge in [0.1, 0.15) is 23.2 Å². The third-order valence-corrected chi connectivity index (χ3v) is 3.07. The monoisotopic (exact) mass is 345 g/mol. The number of hydrogen-bond donors (Lipinski definition) is 2. The number of phenolic OH excluding ortho intramolecular Hbond substituents is 1. The Morgan fingerprint density at radius 2 is 1.80 bits per heavy atom. The van der Waals surface area contributed by atoms with Gasteiger partial charge < -0.3 is 10.4 Å². The molecule has 0 aliphatic heterocycles. The molecule has 7 heteroatoms. The molecule has 1 amide bonds. The summed E-state index contributed by atoms with van der Waals surface area (Å²) in [6.45, 7) is 0. The van der Waals surface area contributed by atoms with Crippen molar-refractivity contribution in [3.8, 4) is 5.75 Å². The molecule has 104 valence electrons. The molecule has 3 nitrogen and oxygen atoms in total. The van der Waals surface area contributed by atoms with Crippen LogP contribution in [0.5, 0.6) is 5.75 Å². The first-order valence-corrected chi connectivity index (χ1v) is 6.12. The number of amides is 1. The van der Waals surface area contributed by atoms with Crippen LogP contribution in [0.15, 0.2) is 34.8 Å². The minimum Gasteiger partial charge on any atom is -0.507 e. The largest absolute Gasteiger partial charge is 0.507 e. The van der Waals surface area contributed by atoms with Gasteiger partial charge in [0.25, 0.3) is 5.91 Å². The normalized spacial score (nSPS) is 10.4. The predicted octanol–water partition coefficient (Wildman–Crippen LogP) is 3.82. The van der Waals surface area contributed by atoms with Crippen molar-refractivity contribution in [1.82, 2.24) is 0 Å². The number of nitrogens with one attached hydrogen (secondary N) is 1. The highest BCUT2D eigenvalue weighted by Crippen LogP contribution is 2.25. The summed E-state index contributed by atoms with van der Waals surface area (Å²) in [6, 6.07) is 4.43. The topological polar surface area (TPSA) is 49.3 Å². The quantitative estimate of drug-likeness (QED) is 0.813. The third kappa shape index (κ3) is 2.93. The van der Waals surface area contributed by atoms with Crippen molar-refractivity contribution in [3.05, 3.63) is 57.8 Å². The number of halogens is 4. The Balaban J connectivity index is 2.30. The van der Waals surface area contributed by atoms with E-state index in [1.54, 1.807) is 0 Å². The molecule has 2 N–H and O–H groups in total. The summed E-state index contributed by atoms with van der Waals surface area (Å²) in [6.07, 6.45) is 0. The minimum absolute atomic E-state index is 0.0301. The van der Waals surface area contributed by atoms with Gasteiger partial charge in [0.15, 0.2) is 0 Å². The van der Waals surface area contributed by atoms with Crippen molar-refractivity contribution in [1.29, 1.82) is 0 Å². The fourth-order valence-corrected chi connectivity index (χ4v) is 1.85. The van der Waals surface area contributed by atoms with Crippen LogP contribution < -0.4 is 5.32 Å². The molecule has 0 spiro atoms. The molecule has 0 fully saturated rings. The lowest BCUT2D eigenvalue weighted by atomic mass is 10.1. The summed E-state index contributed by atoms with van der Waals surface area (Å²) in [7, 11) is 0. The zero-order valence-corrected chi connectivity index (χ0v) is 11.3. The number of benzene rings is 2. The number of aromatic hydroxyl groups is 1. The fraction of sp³-hybridized carbons (Fsp3) is 0. The van der Waals surface area contributed by atoms with Gasteiger partial charge >= 0.3 is 0 Å². The van der Waals surface area contributed by atoms with Crippen LogP contribution in [-0.2, 0) is 0 Å². The van der Waals surface area contributed by atoms with E-state index in [0.717, 1.165) is 24.3 Å². The van der Waals surface area contributed by atoms with Crippen LogP contribution in [0.2, 0.25) is 0 Å². The molecule has 2 rings (SSSR count). The van der Waals surface area contributed by atoms with Crippen molar-refractivity contribution >= 4 is 27.5 Å². The average molecular weight is 346 g/mol. The standard InChI is InChI=1S/C13H7BrF3NO2/c14-8-4-11(10(17)5-9(8)16)18-13(20)7-2-1-6(15)3-12(7)19/h1-5,19H,(H,18,20). The van der Waals surface area contributed by atoms with Crippen LogP contribution in [0.4, 0.5) is 18.9 Å². The van der Waals surface area contributed by atoms with Gasteiger partial charge in [0, 0.05) is 12.1 Å². The highest BCUT2D eigenvalue weighted by molar-refractivity contribution is 9.10. The maximum absolute atomic E-state index is 13.5. The lowest BCUT2D eigenvalue weighted by Gasteiger charge is -2.08. The van der Waals surface area contributed by atoms with Crippen LogP contribution in [-0.4, -0.2) is 11.0 Å². The molecule has 0 aromatic heterocycles. The second-order valence-electron chi connectivity index (χ2n) is 3.86. The van der Waals surface area contributed by atoms with Gasteiger partial charge in [-0.15, -0.1) is 0 Å². The molecule has 0 aliphatic carbocycles. The Bertz CT molecular complexity index is 692. The van der Waals surface area contributed by atoms with Gasteiger partial charge in [-0.3, -0.25) is 4.79 Å². The molecule has 2 aromatic carbocycles. The maximum Gasteiger partial charge on any atom is 0.259 e. The van der Waals surface area contributed by atoms with E-state index in [2.05, 4.69) is 21.2 Å². The molecular weight excluding hydrogens is 339 g/mol. The molecule has 0 aliphatic rings. The molecule has 0 saturated heterocycles. The third-order valence-electron chi connectivity index (χ3n) is 2.46. The second-order valence-corrected chi connectivity index (χ2v) is 4.72. The van der Waals surface area contributed by atoms with E-state index in [1.165, 1.54) is 0 Å². The fourth-order valence-electron chi connectivity index (χ4n) is 1.50. The van der Waals surface area contributed by atoms with Gasteiger partial charge in [0.2, 0.25) is 0 Å². The number of carbonyl (C=O) groups excluding carboxylic acids is 1. The predicted molar refractivity (Wildman–Crippen MR) is 70.1 cm³/mol. The average Bonchev–Trinajstić information content (AvgIpc) is 2.35. The Morgan fingerprint density at radius 3 is 2.45 bits per heavy atom. The lowest BCUT2D eigenvalue weighted by Crippen LogP contribution is -2.13. The van der Waals surface area contributed by atoms with E-state index in [1.807, 2.05) is 0 Å². The SMILES string of the molecule is O=C(Nc1cc(Br)c(F)cc1F)c1ccc(F)cc1O. The Kier molecular flexibility index (Phi) is 3.99. The van der Waals surface area contributed by atoms with Crippen LogP contribution >= 0.6 is 15.9 Å². The molecule has 0 unspecified atom stereocenters. The van der Waals surface area contributed by atoms with Crippen molar-refractivity contribution in [2.45, 2.75) is 0 Å². The first-order valence-electron chi connectivity index (χ1n) is 5.33. The van der Waals surface area contributed by atoms with E-state index >= 15 is 0 Å². The smallest absolute Gasteiger partial charge is 0.259 e. The van der Waals surface area contributed by atoms with Gasteiger partial charge in [-0.1, -0.05) is 0 Å². The molecule has 0 saturated carbocycles. The summed E-state index contributed by atoms with van der Waals surface area (Å²) in [4.78, 5) is 11.8. The zero-order chi connectivity index (χ0) is 14.9. The van der Waals surface area contributed by atoms with Gasteiger partial charge in [-0.05, 0) is 34.1 Å². The number of phenols is 1. The molecule has 0 heterocycles. The summed E-state index contributed by atoms with van der Waals surface area (Å²) < 4.78 is 39.3. The van der Waals surface area contributed by atoms with E-state index in [-0.39, 0.29) is 15.7 Å². The maximum atomic E-state index is 13.5. The van der Waals surface area contributed by atoms with Crippen LogP contribution in [0.3, 0.4) is 0 Å². The molecule has 0 bridgehead atoms. The Morgan fingerprint density at radius 1 is 1.10 bits per heavy atom. The molecule has 20 heavy (non-hydrogen) atoms. The number of hydrogen-bond acceptors (Lipinski definition) is 2. The lowest BCUT2D eigenvalue weighted by molar-refractivity contribution is 0.102. The van der Waals surface area contributed by atoms with Gasteiger partial charge in [-0.2, -0.15) is 0 Å². The number of anilines is 1. The summed E-state index contributed by atoms with van der Waals surface area (Å²) >= 11 is 2.86. The van der Waals surface area contributed by atoms with Crippen LogP contribution in [0, 0.1) is 17.5 Å². The first kappa shape index (κ1) is 14.4. The van der Waals surface area contributed by atoms with Crippen molar-refractivity contribution in [2.24, 2.45) is 0 Å². The highest BCUT2D eigenvalue weighted by Gasteiger charge is 2.15. The van der Waals surface area contributed by atoms with Crippen molar-refractivity contribution in [3.63, 3.8) is 0 Å². The highest BCUT2D eigenvalue weighted by atomic mass is 79.9. The summed E-state index contributed by atoms with van der Waals surface area (Å²) in [5, 5.41) is 11.6. The summed E-state index contributed by atoms with van der Waals surface area (Å²) in [5.74, 6) is -3.93. The molecule has 2 aromatic rings. The van der Waals surface area contributed by atoms with Crippen molar-refractivity contribution < 1.29 is 23.1 Å². The Labute approximate surface area is 120 Å². The van der Waals surface area contributed by atoms with E-state index in [9.17, 15) is 23.1 Å². The van der Waals surface area contributed by atoms with E-state index in [4.69, 9.17) is 0 Å². The molecule has 0 radical (unpaired) electrons. The molecular formula is C13H7BrF3NO2. The molecule has 0 atom stereocenters. The minimum atomic E-state index is -0.972. The van der Waals surface area contributed by atoms with Crippen LogP contribution in [0.1, 0.15) is 10.4 Å². The van der Waals surface area contributed by atoms with Gasteiger partial charge in [-0.25, -0.2) is 13.2 Å². The van der Waals surface area contributed by atoms with Crippen LogP contribution in [0.25, 0.3) is 0 Å². The number of rotatable bonds is 2. The summed E-state index contributed by atoms with van der Waals surface area (Å²) in [5.41, 5.74) is -0.502. The number of carbonyl (C=O) groups is 1. The van der Waals surface area contributed by atoms with Crippen molar-refractivity contribution in [2.75, 3.05) is 5.32 Å². The second kappa shape index (κ2) is 5.54.